The Bertz CT molecular complexity index is 1090. The van der Waals surface area contributed by atoms with Crippen molar-refractivity contribution >= 4 is 32.3 Å². The maximum Gasteiger partial charge on any atom is 0.257 e. The molecule has 3 rings (SSSR count). The van der Waals surface area contributed by atoms with Gasteiger partial charge in [-0.3, -0.25) is 9.78 Å². The molecule has 3 aromatic rings. The first kappa shape index (κ1) is 17.1. The molecule has 1 heterocycles. The van der Waals surface area contributed by atoms with E-state index < -0.39 is 9.84 Å². The van der Waals surface area contributed by atoms with Crippen LogP contribution >= 0.6 is 0 Å². The number of fused-ring (bicyclic) bond motifs is 1. The highest BCUT2D eigenvalue weighted by Crippen LogP contribution is 2.23. The highest BCUT2D eigenvalue weighted by molar-refractivity contribution is 7.90. The van der Waals surface area contributed by atoms with Crippen LogP contribution in [0.3, 0.4) is 0 Å². The minimum absolute atomic E-state index is 0.0885. The van der Waals surface area contributed by atoms with Crippen LogP contribution in [0.2, 0.25) is 0 Å². The van der Waals surface area contributed by atoms with Crippen molar-refractivity contribution in [3.05, 3.63) is 65.4 Å². The first-order chi connectivity index (χ1) is 11.8. The standard InChI is InChI=1S/C19H18N2O3S/c1-12-8-9-16-14(10-12)11-15(13(2)20-16)19(22)21-17-6-4-5-7-18(17)25(3,23)24/h4-11H,1-3H3,(H,21,22). The van der Waals surface area contributed by atoms with E-state index in [2.05, 4.69) is 10.3 Å². The van der Waals surface area contributed by atoms with Crippen LogP contribution in [-0.4, -0.2) is 25.6 Å². The van der Waals surface area contributed by atoms with Gasteiger partial charge in [-0.25, -0.2) is 8.42 Å². The lowest BCUT2D eigenvalue weighted by molar-refractivity contribution is 0.102. The quantitative estimate of drug-likeness (QED) is 0.781. The smallest absolute Gasteiger partial charge is 0.257 e. The number of carbonyl (C=O) groups is 1. The summed E-state index contributed by atoms with van der Waals surface area (Å²) in [6.07, 6.45) is 1.11. The van der Waals surface area contributed by atoms with Crippen molar-refractivity contribution in [1.82, 2.24) is 4.98 Å². The lowest BCUT2D eigenvalue weighted by Gasteiger charge is -2.12. The molecule has 1 N–H and O–H groups in total. The van der Waals surface area contributed by atoms with E-state index in [0.29, 0.717) is 11.3 Å². The maximum atomic E-state index is 12.7. The van der Waals surface area contributed by atoms with Crippen molar-refractivity contribution < 1.29 is 13.2 Å². The van der Waals surface area contributed by atoms with E-state index in [1.165, 1.54) is 6.07 Å². The number of hydrogen-bond donors (Lipinski definition) is 1. The Morgan fingerprint density at radius 2 is 1.76 bits per heavy atom. The molecule has 1 aromatic heterocycles. The summed E-state index contributed by atoms with van der Waals surface area (Å²) in [6.45, 7) is 3.73. The lowest BCUT2D eigenvalue weighted by Crippen LogP contribution is -2.16. The number of rotatable bonds is 3. The van der Waals surface area contributed by atoms with Crippen LogP contribution in [0.4, 0.5) is 5.69 Å². The molecule has 0 aliphatic carbocycles. The normalized spacial score (nSPS) is 11.5. The molecule has 0 radical (unpaired) electrons. The zero-order valence-corrected chi connectivity index (χ0v) is 15.0. The summed E-state index contributed by atoms with van der Waals surface area (Å²) in [7, 11) is -3.44. The fourth-order valence-electron chi connectivity index (χ4n) is 2.70. The number of nitrogens with one attached hydrogen (secondary N) is 1. The van der Waals surface area contributed by atoms with E-state index in [1.54, 1.807) is 31.2 Å². The van der Waals surface area contributed by atoms with E-state index in [-0.39, 0.29) is 16.5 Å². The SMILES string of the molecule is Cc1ccc2nc(C)c(C(=O)Nc3ccccc3S(C)(=O)=O)cc2c1. The number of anilines is 1. The summed E-state index contributed by atoms with van der Waals surface area (Å²) < 4.78 is 23.8. The topological polar surface area (TPSA) is 76.1 Å². The third kappa shape index (κ3) is 3.53. The van der Waals surface area contributed by atoms with Gasteiger partial charge in [0.05, 0.1) is 27.4 Å². The first-order valence-corrected chi connectivity index (χ1v) is 9.63. The van der Waals surface area contributed by atoms with Gasteiger partial charge in [-0.1, -0.05) is 23.8 Å². The first-order valence-electron chi connectivity index (χ1n) is 7.74. The van der Waals surface area contributed by atoms with Crippen molar-refractivity contribution in [3.63, 3.8) is 0 Å². The van der Waals surface area contributed by atoms with Gasteiger partial charge in [0, 0.05) is 11.6 Å². The highest BCUT2D eigenvalue weighted by atomic mass is 32.2. The molecule has 1 amide bonds. The Morgan fingerprint density at radius 1 is 1.04 bits per heavy atom. The van der Waals surface area contributed by atoms with Crippen molar-refractivity contribution in [2.24, 2.45) is 0 Å². The summed E-state index contributed by atoms with van der Waals surface area (Å²) in [5.74, 6) is -0.385. The third-order valence-electron chi connectivity index (χ3n) is 3.94. The molecule has 0 spiro atoms. The van der Waals surface area contributed by atoms with E-state index in [1.807, 2.05) is 25.1 Å². The number of hydrogen-bond acceptors (Lipinski definition) is 4. The third-order valence-corrected chi connectivity index (χ3v) is 5.10. The number of carbonyl (C=O) groups excluding carboxylic acids is 1. The Hall–Kier alpha value is -2.73. The predicted octanol–water partition coefficient (Wildman–Crippen LogP) is 3.51. The molecule has 0 unspecified atom stereocenters. The molecule has 0 saturated heterocycles. The summed E-state index contributed by atoms with van der Waals surface area (Å²) in [6, 6.07) is 14.0. The van der Waals surface area contributed by atoms with Crippen LogP contribution in [0.15, 0.2) is 53.4 Å². The molecule has 128 valence electrons. The van der Waals surface area contributed by atoms with Gasteiger partial charge in [0.15, 0.2) is 9.84 Å². The monoisotopic (exact) mass is 354 g/mol. The molecule has 0 aliphatic rings. The van der Waals surface area contributed by atoms with Crippen LogP contribution in [0, 0.1) is 13.8 Å². The number of benzene rings is 2. The lowest BCUT2D eigenvalue weighted by atomic mass is 10.1. The van der Waals surface area contributed by atoms with Gasteiger partial charge in [0.2, 0.25) is 0 Å². The molecule has 0 atom stereocenters. The molecule has 0 bridgehead atoms. The second-order valence-corrected chi connectivity index (χ2v) is 8.02. The molecule has 6 heteroatoms. The number of para-hydroxylation sites is 1. The number of aromatic nitrogens is 1. The number of aryl methyl sites for hydroxylation is 2. The average molecular weight is 354 g/mol. The Balaban J connectivity index is 2.03. The van der Waals surface area contributed by atoms with Crippen molar-refractivity contribution in [2.45, 2.75) is 18.7 Å². The van der Waals surface area contributed by atoms with Gasteiger partial charge >= 0.3 is 0 Å². The highest BCUT2D eigenvalue weighted by Gasteiger charge is 2.17. The van der Waals surface area contributed by atoms with Gasteiger partial charge in [-0.05, 0) is 44.2 Å². The van der Waals surface area contributed by atoms with Gasteiger partial charge in [-0.2, -0.15) is 0 Å². The molecular formula is C19H18N2O3S. The Morgan fingerprint density at radius 3 is 2.48 bits per heavy atom. The van der Waals surface area contributed by atoms with Gasteiger partial charge in [0.25, 0.3) is 5.91 Å². The molecule has 0 fully saturated rings. The zero-order valence-electron chi connectivity index (χ0n) is 14.2. The van der Waals surface area contributed by atoms with E-state index >= 15 is 0 Å². The minimum Gasteiger partial charge on any atom is -0.321 e. The fourth-order valence-corrected chi connectivity index (χ4v) is 3.55. The van der Waals surface area contributed by atoms with Gasteiger partial charge < -0.3 is 5.32 Å². The molecule has 0 aliphatic heterocycles. The van der Waals surface area contributed by atoms with Crippen molar-refractivity contribution in [2.75, 3.05) is 11.6 Å². The van der Waals surface area contributed by atoms with E-state index in [4.69, 9.17) is 0 Å². The van der Waals surface area contributed by atoms with E-state index in [9.17, 15) is 13.2 Å². The predicted molar refractivity (Wildman–Crippen MR) is 98.7 cm³/mol. The molecule has 2 aromatic carbocycles. The fraction of sp³-hybridized carbons (Fsp3) is 0.158. The number of amides is 1. The van der Waals surface area contributed by atoms with Crippen molar-refractivity contribution in [1.29, 1.82) is 0 Å². The number of pyridine rings is 1. The molecule has 0 saturated carbocycles. The molecule has 25 heavy (non-hydrogen) atoms. The average Bonchev–Trinajstić information content (AvgIpc) is 2.54. The Labute approximate surface area is 146 Å². The van der Waals surface area contributed by atoms with Crippen LogP contribution in [0.5, 0.6) is 0 Å². The summed E-state index contributed by atoms with van der Waals surface area (Å²) in [5.41, 5.74) is 3.16. The van der Waals surface area contributed by atoms with Crippen molar-refractivity contribution in [3.8, 4) is 0 Å². The van der Waals surface area contributed by atoms with E-state index in [0.717, 1.165) is 22.7 Å². The molecular weight excluding hydrogens is 336 g/mol. The minimum atomic E-state index is -3.44. The van der Waals surface area contributed by atoms with Crippen LogP contribution in [0.25, 0.3) is 10.9 Å². The zero-order chi connectivity index (χ0) is 18.2. The number of sulfone groups is 1. The van der Waals surface area contributed by atoms with Gasteiger partial charge in [0.1, 0.15) is 0 Å². The molecule has 5 nitrogen and oxygen atoms in total. The summed E-state index contributed by atoms with van der Waals surface area (Å²) in [4.78, 5) is 17.3. The van der Waals surface area contributed by atoms with Crippen LogP contribution < -0.4 is 5.32 Å². The van der Waals surface area contributed by atoms with Crippen LogP contribution in [0.1, 0.15) is 21.6 Å². The second kappa shape index (κ2) is 6.29. The largest absolute Gasteiger partial charge is 0.321 e. The van der Waals surface area contributed by atoms with Crippen LogP contribution in [-0.2, 0) is 9.84 Å². The Kier molecular flexibility index (Phi) is 4.30. The number of nitrogens with zero attached hydrogens (tertiary/aromatic N) is 1. The summed E-state index contributed by atoms with van der Waals surface area (Å²) >= 11 is 0. The maximum absolute atomic E-state index is 12.7. The second-order valence-electron chi connectivity index (χ2n) is 6.04. The van der Waals surface area contributed by atoms with Gasteiger partial charge in [-0.15, -0.1) is 0 Å². The summed E-state index contributed by atoms with van der Waals surface area (Å²) in [5, 5.41) is 3.56.